The first-order valence-electron chi connectivity index (χ1n) is 5.35. The number of imidazole rings is 1. The first-order chi connectivity index (χ1) is 8.56. The van der Waals surface area contributed by atoms with Gasteiger partial charge in [0.25, 0.3) is 0 Å². The molecule has 0 aliphatic rings. The Morgan fingerprint density at radius 1 is 1.50 bits per heavy atom. The van der Waals surface area contributed by atoms with E-state index in [1.54, 1.807) is 7.11 Å². The van der Waals surface area contributed by atoms with Gasteiger partial charge in [0.15, 0.2) is 4.73 Å². The zero-order valence-electron chi connectivity index (χ0n) is 10.1. The van der Waals surface area contributed by atoms with Crippen LogP contribution in [-0.4, -0.2) is 17.1 Å². The fourth-order valence-corrected chi connectivity index (χ4v) is 2.47. The van der Waals surface area contributed by atoms with E-state index < -0.39 is 0 Å². The van der Waals surface area contributed by atoms with Gasteiger partial charge in [-0.3, -0.25) is 0 Å². The molecule has 0 aliphatic heterocycles. The lowest BCUT2D eigenvalue weighted by Crippen LogP contribution is -1.99. The van der Waals surface area contributed by atoms with Crippen LogP contribution in [0.4, 0.5) is 0 Å². The number of aryl methyl sites for hydroxylation is 1. The highest BCUT2D eigenvalue weighted by Gasteiger charge is 2.14. The number of hydrogen-bond acceptors (Lipinski definition) is 3. The molecule has 0 saturated carbocycles. The van der Waals surface area contributed by atoms with Crippen molar-refractivity contribution in [3.05, 3.63) is 33.1 Å². The quantitative estimate of drug-likeness (QED) is 0.908. The van der Waals surface area contributed by atoms with E-state index in [-0.39, 0.29) is 0 Å². The first kappa shape index (κ1) is 13.4. The second kappa shape index (κ2) is 5.30. The van der Waals surface area contributed by atoms with Crippen molar-refractivity contribution in [2.24, 2.45) is 5.73 Å². The van der Waals surface area contributed by atoms with Crippen LogP contribution < -0.4 is 10.5 Å². The monoisotopic (exact) mass is 329 g/mol. The molecule has 6 heteroatoms. The molecule has 4 nitrogen and oxygen atoms in total. The van der Waals surface area contributed by atoms with Gasteiger partial charge in [0.1, 0.15) is 5.75 Å². The number of benzene rings is 1. The van der Waals surface area contributed by atoms with Crippen LogP contribution in [0.15, 0.2) is 16.9 Å². The minimum atomic E-state index is 0.386. The summed E-state index contributed by atoms with van der Waals surface area (Å²) >= 11 is 9.46. The summed E-state index contributed by atoms with van der Waals surface area (Å²) in [7, 11) is 1.59. The predicted octanol–water partition coefficient (Wildman–Crippen LogP) is 3.27. The third kappa shape index (κ3) is 2.39. The lowest BCUT2D eigenvalue weighted by molar-refractivity contribution is 0.415. The molecular weight excluding hydrogens is 318 g/mol. The topological polar surface area (TPSA) is 63.9 Å². The molecule has 1 aromatic heterocycles. The smallest absolute Gasteiger partial charge is 0.175 e. The number of rotatable bonds is 3. The number of hydrogen-bond donors (Lipinski definition) is 2. The molecule has 0 saturated heterocycles. The van der Waals surface area contributed by atoms with Crippen molar-refractivity contribution in [2.45, 2.75) is 13.5 Å². The van der Waals surface area contributed by atoms with Crippen molar-refractivity contribution in [2.75, 3.05) is 7.11 Å². The van der Waals surface area contributed by atoms with Crippen molar-refractivity contribution in [3.63, 3.8) is 0 Å². The Kier molecular flexibility index (Phi) is 3.94. The van der Waals surface area contributed by atoms with Gasteiger partial charge < -0.3 is 15.5 Å². The van der Waals surface area contributed by atoms with Crippen molar-refractivity contribution in [1.82, 2.24) is 9.97 Å². The summed E-state index contributed by atoms with van der Waals surface area (Å²) in [6.07, 6.45) is 0. The van der Waals surface area contributed by atoms with E-state index in [9.17, 15) is 0 Å². The van der Waals surface area contributed by atoms with E-state index in [1.807, 2.05) is 19.1 Å². The van der Waals surface area contributed by atoms with Crippen LogP contribution in [0, 0.1) is 6.92 Å². The van der Waals surface area contributed by atoms with Crippen molar-refractivity contribution in [1.29, 1.82) is 0 Å². The standard InChI is InChI=1S/C12H13BrClN3O/c1-6-3-10(18-2)8(14)4-7(6)11-9(5-15)16-12(13)17-11/h3-4H,5,15H2,1-2H3,(H,16,17). The van der Waals surface area contributed by atoms with Crippen LogP contribution in [-0.2, 0) is 6.54 Å². The Balaban J connectivity index is 2.60. The van der Waals surface area contributed by atoms with Gasteiger partial charge in [0, 0.05) is 12.1 Å². The van der Waals surface area contributed by atoms with E-state index in [0.29, 0.717) is 22.1 Å². The highest BCUT2D eigenvalue weighted by Crippen LogP contribution is 2.34. The number of nitrogens with one attached hydrogen (secondary N) is 1. The molecule has 2 rings (SSSR count). The average Bonchev–Trinajstić information content (AvgIpc) is 2.72. The lowest BCUT2D eigenvalue weighted by atomic mass is 10.0. The van der Waals surface area contributed by atoms with Crippen LogP contribution in [0.1, 0.15) is 11.3 Å². The zero-order chi connectivity index (χ0) is 13.3. The van der Waals surface area contributed by atoms with Gasteiger partial charge in [-0.25, -0.2) is 4.98 Å². The maximum absolute atomic E-state index is 6.15. The van der Waals surface area contributed by atoms with E-state index in [0.717, 1.165) is 22.5 Å². The molecule has 0 spiro atoms. The van der Waals surface area contributed by atoms with Crippen LogP contribution in [0.25, 0.3) is 11.3 Å². The van der Waals surface area contributed by atoms with E-state index in [1.165, 1.54) is 0 Å². The largest absolute Gasteiger partial charge is 0.495 e. The molecular formula is C12H13BrClN3O. The number of nitrogens with zero attached hydrogens (tertiary/aromatic N) is 1. The summed E-state index contributed by atoms with van der Waals surface area (Å²) in [5, 5.41) is 0.556. The molecule has 2 aromatic rings. The second-order valence-corrected chi connectivity index (χ2v) is 5.02. The van der Waals surface area contributed by atoms with Crippen LogP contribution >= 0.6 is 27.5 Å². The van der Waals surface area contributed by atoms with Gasteiger partial charge >= 0.3 is 0 Å². The van der Waals surface area contributed by atoms with Crippen molar-refractivity contribution in [3.8, 4) is 17.0 Å². The molecule has 0 radical (unpaired) electrons. The lowest BCUT2D eigenvalue weighted by Gasteiger charge is -2.09. The molecule has 0 aliphatic carbocycles. The molecule has 18 heavy (non-hydrogen) atoms. The van der Waals surface area contributed by atoms with Gasteiger partial charge in [-0.15, -0.1) is 0 Å². The summed E-state index contributed by atoms with van der Waals surface area (Å²) in [5.74, 6) is 0.654. The van der Waals surface area contributed by atoms with Crippen LogP contribution in [0.3, 0.4) is 0 Å². The predicted molar refractivity (Wildman–Crippen MR) is 75.9 cm³/mol. The van der Waals surface area contributed by atoms with Crippen molar-refractivity contribution >= 4 is 27.5 Å². The second-order valence-electron chi connectivity index (χ2n) is 3.86. The SMILES string of the molecule is COc1cc(C)c(-c2nc(Br)[nH]c2CN)cc1Cl. The van der Waals surface area contributed by atoms with E-state index >= 15 is 0 Å². The van der Waals surface area contributed by atoms with Gasteiger partial charge in [-0.1, -0.05) is 11.6 Å². The van der Waals surface area contributed by atoms with E-state index in [2.05, 4.69) is 25.9 Å². The van der Waals surface area contributed by atoms with Gasteiger partial charge in [0.05, 0.1) is 23.5 Å². The van der Waals surface area contributed by atoms with Gasteiger partial charge in [0.2, 0.25) is 0 Å². The number of aromatic amines is 1. The molecule has 96 valence electrons. The fourth-order valence-electron chi connectivity index (χ4n) is 1.81. The Morgan fingerprint density at radius 2 is 2.22 bits per heavy atom. The van der Waals surface area contributed by atoms with Gasteiger partial charge in [-0.2, -0.15) is 0 Å². The number of aromatic nitrogens is 2. The molecule has 0 fully saturated rings. The summed E-state index contributed by atoms with van der Waals surface area (Å²) in [6.45, 7) is 2.37. The minimum Gasteiger partial charge on any atom is -0.495 e. The number of ether oxygens (including phenoxy) is 1. The minimum absolute atomic E-state index is 0.386. The molecule has 1 heterocycles. The first-order valence-corrected chi connectivity index (χ1v) is 6.53. The Hall–Kier alpha value is -1.04. The van der Waals surface area contributed by atoms with E-state index in [4.69, 9.17) is 22.1 Å². The number of methoxy groups -OCH3 is 1. The molecule has 0 amide bonds. The molecule has 0 unspecified atom stereocenters. The van der Waals surface area contributed by atoms with Crippen molar-refractivity contribution < 1.29 is 4.74 Å². The maximum atomic E-state index is 6.15. The highest BCUT2D eigenvalue weighted by molar-refractivity contribution is 9.10. The Morgan fingerprint density at radius 3 is 2.83 bits per heavy atom. The average molecular weight is 331 g/mol. The number of halogens is 2. The third-order valence-electron chi connectivity index (χ3n) is 2.71. The molecule has 0 atom stereocenters. The maximum Gasteiger partial charge on any atom is 0.175 e. The van der Waals surface area contributed by atoms with Gasteiger partial charge in [-0.05, 0) is 40.5 Å². The third-order valence-corrected chi connectivity index (χ3v) is 3.38. The highest BCUT2D eigenvalue weighted by atomic mass is 79.9. The molecule has 1 aromatic carbocycles. The van der Waals surface area contributed by atoms with Crippen LogP contribution in [0.5, 0.6) is 5.75 Å². The summed E-state index contributed by atoms with van der Waals surface area (Å²) < 4.78 is 5.84. The number of nitrogens with two attached hydrogens (primary N) is 1. The fraction of sp³-hybridized carbons (Fsp3) is 0.250. The molecule has 3 N–H and O–H groups in total. The Bertz CT molecular complexity index is 583. The number of H-pyrrole nitrogens is 1. The zero-order valence-corrected chi connectivity index (χ0v) is 12.4. The normalized spacial score (nSPS) is 10.7. The summed E-state index contributed by atoms with van der Waals surface area (Å²) in [5.41, 5.74) is 9.35. The Labute approximate surface area is 119 Å². The van der Waals surface area contributed by atoms with Crippen LogP contribution in [0.2, 0.25) is 5.02 Å². The summed E-state index contributed by atoms with van der Waals surface area (Å²) in [4.78, 5) is 7.47. The molecule has 0 bridgehead atoms. The summed E-state index contributed by atoms with van der Waals surface area (Å²) in [6, 6.07) is 3.73.